The average molecular weight is 381 g/mol. The molecule has 0 fully saturated rings. The fourth-order valence-corrected chi connectivity index (χ4v) is 2.22. The van der Waals surface area contributed by atoms with Gasteiger partial charge in [-0.15, -0.1) is 0 Å². The van der Waals surface area contributed by atoms with Gasteiger partial charge in [0.1, 0.15) is 10.0 Å². The van der Waals surface area contributed by atoms with Gasteiger partial charge in [-0.2, -0.15) is 10.2 Å². The number of rotatable bonds is 5. The predicted octanol–water partition coefficient (Wildman–Crippen LogP) is 1.96. The van der Waals surface area contributed by atoms with Crippen molar-refractivity contribution in [3.8, 4) is 6.07 Å². The van der Waals surface area contributed by atoms with E-state index in [4.69, 9.17) is 50.5 Å². The molecule has 0 bridgehead atoms. The van der Waals surface area contributed by atoms with E-state index in [9.17, 15) is 9.59 Å². The topological polar surface area (TPSA) is 111 Å². The highest BCUT2D eigenvalue weighted by Gasteiger charge is 2.30. The Morgan fingerprint density at radius 1 is 1.39 bits per heavy atom. The smallest absolute Gasteiger partial charge is 0.406 e. The lowest BCUT2D eigenvalue weighted by atomic mass is 10.3. The van der Waals surface area contributed by atoms with Crippen molar-refractivity contribution in [3.63, 3.8) is 0 Å². The zero-order chi connectivity index (χ0) is 17.7. The minimum atomic E-state index is -1.08. The number of pyridine rings is 1. The number of nitrogen functional groups attached to an aromatic ring is 1. The van der Waals surface area contributed by atoms with E-state index >= 15 is 0 Å². The molecule has 1 aromatic rings. The lowest BCUT2D eigenvalue weighted by Crippen LogP contribution is -2.38. The van der Waals surface area contributed by atoms with Gasteiger partial charge in [-0.05, 0) is 18.5 Å². The number of aromatic amines is 1. The molecule has 0 saturated heterocycles. The van der Waals surface area contributed by atoms with Gasteiger partial charge >= 0.3 is 11.7 Å². The molecule has 1 aromatic heterocycles. The molecular formula is C13H14Cl3N4O3+. The summed E-state index contributed by atoms with van der Waals surface area (Å²) in [5.74, 6) is -1.37. The van der Waals surface area contributed by atoms with Gasteiger partial charge in [-0.1, -0.05) is 23.2 Å². The first kappa shape index (κ1) is 19.3. The second kappa shape index (κ2) is 8.20. The number of halogens is 3. The van der Waals surface area contributed by atoms with Crippen LogP contribution >= 0.6 is 34.8 Å². The van der Waals surface area contributed by atoms with Crippen LogP contribution in [0.3, 0.4) is 0 Å². The van der Waals surface area contributed by atoms with Gasteiger partial charge in [-0.25, -0.2) is 4.79 Å². The summed E-state index contributed by atoms with van der Waals surface area (Å²) in [7, 11) is 1.50. The maximum atomic E-state index is 12.1. The Kier molecular flexibility index (Phi) is 6.88. The van der Waals surface area contributed by atoms with Crippen molar-refractivity contribution >= 4 is 52.4 Å². The van der Waals surface area contributed by atoms with E-state index in [1.807, 2.05) is 6.07 Å². The third-order valence-corrected chi connectivity index (χ3v) is 4.06. The minimum Gasteiger partial charge on any atom is -0.445 e. The van der Waals surface area contributed by atoms with Gasteiger partial charge in [0.2, 0.25) is 0 Å². The van der Waals surface area contributed by atoms with Crippen LogP contribution in [0.25, 0.3) is 0 Å². The average Bonchev–Trinajstić information content (AvgIpc) is 2.52. The number of ether oxygens (including phenoxy) is 1. The van der Waals surface area contributed by atoms with Crippen LogP contribution in [0.1, 0.15) is 23.8 Å². The Morgan fingerprint density at radius 3 is 2.57 bits per heavy atom. The van der Waals surface area contributed by atoms with Gasteiger partial charge in [-0.3, -0.25) is 4.79 Å². The van der Waals surface area contributed by atoms with Crippen molar-refractivity contribution in [2.24, 2.45) is 0 Å². The molecule has 1 rings (SSSR count). The second-order valence-electron chi connectivity index (χ2n) is 4.57. The van der Waals surface area contributed by atoms with E-state index in [0.29, 0.717) is 0 Å². The number of hydrogen-bond donors (Lipinski definition) is 1. The van der Waals surface area contributed by atoms with Gasteiger partial charge in [0.25, 0.3) is 11.1 Å². The standard InChI is InChI=1S/C13H13Cl3N4O3/c1-6(12(21)20(2)5-3-4-17)23-13(22)10-7(14)9(18)8(15)11(16)19-10/h6H,3,5H2,1-2H3,(H2,18,19)/p+1/t6-/m0/s1. The van der Waals surface area contributed by atoms with Crippen molar-refractivity contribution < 1.29 is 19.3 Å². The molecule has 0 spiro atoms. The van der Waals surface area contributed by atoms with Crippen LogP contribution in [0, 0.1) is 11.3 Å². The summed E-state index contributed by atoms with van der Waals surface area (Å²) in [4.78, 5) is 27.9. The highest BCUT2D eigenvalue weighted by molar-refractivity contribution is 6.45. The predicted molar refractivity (Wildman–Crippen MR) is 85.2 cm³/mol. The largest absolute Gasteiger partial charge is 0.445 e. The molecule has 1 atom stereocenters. The Bertz CT molecular complexity index is 675. The van der Waals surface area contributed by atoms with Crippen LogP contribution in [0.2, 0.25) is 15.2 Å². The van der Waals surface area contributed by atoms with Gasteiger partial charge in [0.05, 0.1) is 18.2 Å². The number of amides is 1. The molecule has 0 aliphatic heterocycles. The molecular weight excluding hydrogens is 367 g/mol. The molecule has 1 heterocycles. The minimum absolute atomic E-state index is 0.0198. The summed E-state index contributed by atoms with van der Waals surface area (Å²) < 4.78 is 5.04. The number of nitrogens with one attached hydrogen (secondary N) is 1. The maximum absolute atomic E-state index is 12.1. The highest BCUT2D eigenvalue weighted by atomic mass is 35.5. The molecule has 3 N–H and O–H groups in total. The van der Waals surface area contributed by atoms with Crippen molar-refractivity contribution in [2.75, 3.05) is 19.3 Å². The molecule has 0 unspecified atom stereocenters. The van der Waals surface area contributed by atoms with E-state index in [1.54, 1.807) is 0 Å². The van der Waals surface area contributed by atoms with Crippen molar-refractivity contribution in [1.82, 2.24) is 4.90 Å². The number of nitrogens with two attached hydrogens (primary N) is 1. The Hall–Kier alpha value is -1.75. The van der Waals surface area contributed by atoms with Crippen LogP contribution in [0.5, 0.6) is 0 Å². The molecule has 0 aliphatic rings. The first-order chi connectivity index (χ1) is 10.7. The van der Waals surface area contributed by atoms with E-state index in [-0.39, 0.29) is 39.5 Å². The summed E-state index contributed by atoms with van der Waals surface area (Å²) in [5, 5.41) is 8.26. The van der Waals surface area contributed by atoms with Gasteiger partial charge in [0.15, 0.2) is 6.10 Å². The van der Waals surface area contributed by atoms with Gasteiger partial charge in [0, 0.05) is 13.6 Å². The second-order valence-corrected chi connectivity index (χ2v) is 5.70. The summed E-state index contributed by atoms with van der Waals surface area (Å²) in [6.07, 6.45) is -0.905. The molecule has 7 nitrogen and oxygen atoms in total. The Labute approximate surface area is 147 Å². The number of esters is 1. The van der Waals surface area contributed by atoms with E-state index < -0.39 is 18.0 Å². The number of nitrogens with zero attached hydrogens (tertiary/aromatic N) is 2. The van der Waals surface area contributed by atoms with Crippen LogP contribution < -0.4 is 10.7 Å². The first-order valence-corrected chi connectivity index (χ1v) is 7.52. The number of H-pyrrole nitrogens is 1. The lowest BCUT2D eigenvalue weighted by Gasteiger charge is -2.19. The molecule has 10 heteroatoms. The first-order valence-electron chi connectivity index (χ1n) is 6.38. The number of anilines is 1. The SMILES string of the molecule is C[C@H](OC(=O)c1[nH+]c(Cl)c(Cl)c(N)c1Cl)C(=O)N(C)CCC#N. The molecule has 23 heavy (non-hydrogen) atoms. The third kappa shape index (κ3) is 4.61. The highest BCUT2D eigenvalue weighted by Crippen LogP contribution is 2.32. The molecule has 0 radical (unpaired) electrons. The van der Waals surface area contributed by atoms with E-state index in [1.165, 1.54) is 18.9 Å². The van der Waals surface area contributed by atoms with Crippen molar-refractivity contribution in [1.29, 1.82) is 5.26 Å². The number of nitriles is 1. The Balaban J connectivity index is 2.88. The van der Waals surface area contributed by atoms with E-state index in [0.717, 1.165) is 0 Å². The molecule has 124 valence electrons. The summed E-state index contributed by atoms with van der Waals surface area (Å²) in [6, 6.07) is 1.92. The Morgan fingerprint density at radius 2 is 2.00 bits per heavy atom. The monoisotopic (exact) mass is 379 g/mol. The number of carbonyl (C=O) groups excluding carboxylic acids is 2. The van der Waals surface area contributed by atoms with Crippen LogP contribution in [-0.4, -0.2) is 36.5 Å². The quantitative estimate of drug-likeness (QED) is 0.620. The van der Waals surface area contributed by atoms with Gasteiger partial charge < -0.3 is 15.4 Å². The number of aromatic nitrogens is 1. The lowest BCUT2D eigenvalue weighted by molar-refractivity contribution is -0.380. The number of carbonyl (C=O) groups is 2. The van der Waals surface area contributed by atoms with Crippen molar-refractivity contribution in [2.45, 2.75) is 19.4 Å². The molecule has 0 aromatic carbocycles. The van der Waals surface area contributed by atoms with Crippen LogP contribution in [0.4, 0.5) is 5.69 Å². The third-order valence-electron chi connectivity index (χ3n) is 2.89. The summed E-state index contributed by atoms with van der Waals surface area (Å²) in [6.45, 7) is 1.63. The molecule has 0 saturated carbocycles. The fraction of sp³-hybridized carbons (Fsp3) is 0.385. The maximum Gasteiger partial charge on any atom is 0.406 e. The number of likely N-dealkylation sites (N-methyl/N-ethyl adjacent to an activating group) is 1. The van der Waals surface area contributed by atoms with Crippen LogP contribution in [-0.2, 0) is 9.53 Å². The van der Waals surface area contributed by atoms with E-state index in [2.05, 4.69) is 4.98 Å². The van der Waals surface area contributed by atoms with Crippen molar-refractivity contribution in [3.05, 3.63) is 20.9 Å². The summed E-state index contributed by atoms with van der Waals surface area (Å²) in [5.41, 5.74) is 5.35. The normalized spacial score (nSPS) is 11.5. The van der Waals surface area contributed by atoms with Crippen LogP contribution in [0.15, 0.2) is 0 Å². The number of hydrogen-bond acceptors (Lipinski definition) is 5. The molecule has 1 amide bonds. The zero-order valence-corrected chi connectivity index (χ0v) is 14.6. The molecule has 0 aliphatic carbocycles. The zero-order valence-electron chi connectivity index (χ0n) is 12.3. The fourth-order valence-electron chi connectivity index (χ4n) is 1.62. The summed E-state index contributed by atoms with van der Waals surface area (Å²) >= 11 is 17.5.